The fourth-order valence-corrected chi connectivity index (χ4v) is 3.01. The molecule has 0 unspecified atom stereocenters. The standard InChI is InChI=1S/C19H19NO6/c1-11-8-15-18(19(23)20(11)2)13(9-16(21)26-15)12-6-4-5-7-14(12)25-10-17(22)24-3/h4-8,13H,9-10H2,1-3H3/t13-/m1/s1. The molecule has 0 aliphatic carbocycles. The van der Waals surface area contributed by atoms with E-state index in [2.05, 4.69) is 4.74 Å². The SMILES string of the molecule is COC(=O)COc1ccccc1[C@H]1CC(=O)Oc2cc(C)n(C)c(=O)c21. The number of nitrogens with zero attached hydrogens (tertiary/aromatic N) is 1. The molecule has 0 saturated carbocycles. The van der Waals surface area contributed by atoms with Crippen LogP contribution in [-0.2, 0) is 21.4 Å². The summed E-state index contributed by atoms with van der Waals surface area (Å²) in [4.78, 5) is 36.3. The van der Waals surface area contributed by atoms with Crippen LogP contribution < -0.4 is 15.0 Å². The van der Waals surface area contributed by atoms with Crippen molar-refractivity contribution in [2.45, 2.75) is 19.3 Å². The lowest BCUT2D eigenvalue weighted by Gasteiger charge is -2.26. The first-order valence-electron chi connectivity index (χ1n) is 8.12. The van der Waals surface area contributed by atoms with E-state index in [0.29, 0.717) is 22.6 Å². The van der Waals surface area contributed by atoms with Crippen molar-refractivity contribution in [3.05, 3.63) is 57.5 Å². The van der Waals surface area contributed by atoms with Crippen LogP contribution in [0.25, 0.3) is 0 Å². The molecule has 7 heteroatoms. The number of hydrogen-bond acceptors (Lipinski definition) is 6. The molecule has 0 radical (unpaired) electrons. The van der Waals surface area contributed by atoms with Gasteiger partial charge >= 0.3 is 11.9 Å². The minimum Gasteiger partial charge on any atom is -0.482 e. The summed E-state index contributed by atoms with van der Waals surface area (Å²) in [6, 6.07) is 8.69. The van der Waals surface area contributed by atoms with E-state index in [1.807, 2.05) is 0 Å². The number of carbonyl (C=O) groups is 2. The maximum absolute atomic E-state index is 12.8. The highest BCUT2D eigenvalue weighted by Crippen LogP contribution is 2.40. The average Bonchev–Trinajstić information content (AvgIpc) is 2.63. The number of pyridine rings is 1. The van der Waals surface area contributed by atoms with E-state index in [4.69, 9.17) is 9.47 Å². The Morgan fingerprint density at radius 1 is 1.31 bits per heavy atom. The van der Waals surface area contributed by atoms with E-state index >= 15 is 0 Å². The van der Waals surface area contributed by atoms with Crippen LogP contribution in [0, 0.1) is 6.92 Å². The van der Waals surface area contributed by atoms with Crippen molar-refractivity contribution in [2.75, 3.05) is 13.7 Å². The second-order valence-electron chi connectivity index (χ2n) is 6.06. The van der Waals surface area contributed by atoms with Gasteiger partial charge in [-0.25, -0.2) is 4.79 Å². The van der Waals surface area contributed by atoms with Gasteiger partial charge in [0.15, 0.2) is 6.61 Å². The van der Waals surface area contributed by atoms with E-state index in [1.165, 1.54) is 11.7 Å². The molecule has 26 heavy (non-hydrogen) atoms. The Bertz CT molecular complexity index is 930. The van der Waals surface area contributed by atoms with Gasteiger partial charge in [0, 0.05) is 30.3 Å². The van der Waals surface area contributed by atoms with Crippen LogP contribution in [0.4, 0.5) is 0 Å². The number of para-hydroxylation sites is 1. The molecule has 1 atom stereocenters. The van der Waals surface area contributed by atoms with Gasteiger partial charge in [-0.2, -0.15) is 0 Å². The van der Waals surface area contributed by atoms with Crippen molar-refractivity contribution in [3.63, 3.8) is 0 Å². The second kappa shape index (κ2) is 7.03. The van der Waals surface area contributed by atoms with Crippen LogP contribution in [0.3, 0.4) is 0 Å². The third-order valence-electron chi connectivity index (χ3n) is 4.48. The summed E-state index contributed by atoms with van der Waals surface area (Å²) >= 11 is 0. The molecule has 0 fully saturated rings. The Balaban J connectivity index is 2.09. The number of esters is 2. The molecular weight excluding hydrogens is 338 g/mol. The van der Waals surface area contributed by atoms with E-state index < -0.39 is 17.9 Å². The third-order valence-corrected chi connectivity index (χ3v) is 4.48. The fourth-order valence-electron chi connectivity index (χ4n) is 3.01. The smallest absolute Gasteiger partial charge is 0.343 e. The Labute approximate surface area is 150 Å². The summed E-state index contributed by atoms with van der Waals surface area (Å²) in [5.74, 6) is -0.757. The largest absolute Gasteiger partial charge is 0.482 e. The molecular formula is C19H19NO6. The van der Waals surface area contributed by atoms with Crippen molar-refractivity contribution in [3.8, 4) is 11.5 Å². The molecule has 1 aromatic carbocycles. The molecule has 136 valence electrons. The van der Waals surface area contributed by atoms with E-state index in [1.54, 1.807) is 44.3 Å². The Morgan fingerprint density at radius 2 is 2.04 bits per heavy atom. The van der Waals surface area contributed by atoms with Gasteiger partial charge in [-0.3, -0.25) is 9.59 Å². The third kappa shape index (κ3) is 3.20. The molecule has 1 aromatic heterocycles. The van der Waals surface area contributed by atoms with Gasteiger partial charge in [-0.1, -0.05) is 18.2 Å². The number of aromatic nitrogens is 1. The highest BCUT2D eigenvalue weighted by molar-refractivity contribution is 5.78. The van der Waals surface area contributed by atoms with Gasteiger partial charge in [-0.05, 0) is 13.0 Å². The summed E-state index contributed by atoms with van der Waals surface area (Å²) in [7, 11) is 2.95. The molecule has 2 aromatic rings. The Morgan fingerprint density at radius 3 is 2.77 bits per heavy atom. The molecule has 7 nitrogen and oxygen atoms in total. The second-order valence-corrected chi connectivity index (χ2v) is 6.06. The normalized spacial score (nSPS) is 15.8. The highest BCUT2D eigenvalue weighted by Gasteiger charge is 2.33. The Kier molecular flexibility index (Phi) is 4.79. The van der Waals surface area contributed by atoms with Gasteiger partial charge in [0.1, 0.15) is 11.5 Å². The lowest BCUT2D eigenvalue weighted by molar-refractivity contribution is -0.143. The lowest BCUT2D eigenvalue weighted by atomic mass is 9.86. The van der Waals surface area contributed by atoms with Crippen LogP contribution in [0.5, 0.6) is 11.5 Å². The van der Waals surface area contributed by atoms with E-state index in [-0.39, 0.29) is 24.3 Å². The summed E-state index contributed by atoms with van der Waals surface area (Å²) in [6.07, 6.45) is 0.0178. The first-order chi connectivity index (χ1) is 12.4. The zero-order chi connectivity index (χ0) is 18.8. The zero-order valence-electron chi connectivity index (χ0n) is 14.8. The van der Waals surface area contributed by atoms with Crippen LogP contribution in [0.2, 0.25) is 0 Å². The first-order valence-corrected chi connectivity index (χ1v) is 8.12. The minimum atomic E-state index is -0.519. The van der Waals surface area contributed by atoms with Gasteiger partial charge in [-0.15, -0.1) is 0 Å². The monoisotopic (exact) mass is 357 g/mol. The molecule has 0 amide bonds. The molecule has 1 aliphatic rings. The van der Waals surface area contributed by atoms with E-state index in [0.717, 1.165) is 0 Å². The van der Waals surface area contributed by atoms with Gasteiger partial charge < -0.3 is 18.8 Å². The molecule has 0 bridgehead atoms. The maximum atomic E-state index is 12.8. The van der Waals surface area contributed by atoms with Crippen molar-refractivity contribution in [1.29, 1.82) is 0 Å². The molecule has 2 heterocycles. The van der Waals surface area contributed by atoms with Crippen molar-refractivity contribution in [2.24, 2.45) is 7.05 Å². The van der Waals surface area contributed by atoms with Crippen LogP contribution >= 0.6 is 0 Å². The highest BCUT2D eigenvalue weighted by atomic mass is 16.6. The van der Waals surface area contributed by atoms with Gasteiger partial charge in [0.2, 0.25) is 0 Å². The number of carbonyl (C=O) groups excluding carboxylic acids is 2. The Hall–Kier alpha value is -3.09. The molecule has 3 rings (SSSR count). The van der Waals surface area contributed by atoms with E-state index in [9.17, 15) is 14.4 Å². The zero-order valence-corrected chi connectivity index (χ0v) is 14.8. The summed E-state index contributed by atoms with van der Waals surface area (Å²) in [6.45, 7) is 1.51. The summed E-state index contributed by atoms with van der Waals surface area (Å²) in [5.41, 5.74) is 1.53. The number of ether oxygens (including phenoxy) is 3. The molecule has 0 saturated heterocycles. The molecule has 0 spiro atoms. The summed E-state index contributed by atoms with van der Waals surface area (Å²) < 4.78 is 16.9. The topological polar surface area (TPSA) is 83.8 Å². The summed E-state index contributed by atoms with van der Waals surface area (Å²) in [5, 5.41) is 0. The molecule has 1 aliphatic heterocycles. The van der Waals surface area contributed by atoms with Crippen LogP contribution in [0.1, 0.15) is 29.2 Å². The quantitative estimate of drug-likeness (QED) is 0.774. The number of fused-ring (bicyclic) bond motifs is 1. The lowest BCUT2D eigenvalue weighted by Crippen LogP contribution is -2.32. The number of methoxy groups -OCH3 is 1. The molecule has 0 N–H and O–H groups in total. The predicted molar refractivity (Wildman–Crippen MR) is 92.5 cm³/mol. The van der Waals surface area contributed by atoms with Crippen LogP contribution in [0.15, 0.2) is 35.1 Å². The number of hydrogen-bond donors (Lipinski definition) is 0. The number of rotatable bonds is 4. The minimum absolute atomic E-state index is 0.0178. The number of benzene rings is 1. The maximum Gasteiger partial charge on any atom is 0.343 e. The average molecular weight is 357 g/mol. The van der Waals surface area contributed by atoms with Gasteiger partial charge in [0.05, 0.1) is 19.1 Å². The van der Waals surface area contributed by atoms with Crippen molar-refractivity contribution in [1.82, 2.24) is 4.57 Å². The first kappa shape index (κ1) is 17.7. The van der Waals surface area contributed by atoms with Gasteiger partial charge in [0.25, 0.3) is 5.56 Å². The number of aryl methyl sites for hydroxylation is 1. The fraction of sp³-hybridized carbons (Fsp3) is 0.316. The van der Waals surface area contributed by atoms with Crippen LogP contribution in [-0.4, -0.2) is 30.2 Å². The van der Waals surface area contributed by atoms with Crippen molar-refractivity contribution < 1.29 is 23.8 Å². The van der Waals surface area contributed by atoms with Crippen molar-refractivity contribution >= 4 is 11.9 Å². The predicted octanol–water partition coefficient (Wildman–Crippen LogP) is 1.69.